The lowest BCUT2D eigenvalue weighted by atomic mass is 10.2. The van der Waals surface area contributed by atoms with Gasteiger partial charge in [-0.1, -0.05) is 0 Å². The third-order valence-corrected chi connectivity index (χ3v) is 3.92. The van der Waals surface area contributed by atoms with Gasteiger partial charge in [0.25, 0.3) is 5.91 Å². The summed E-state index contributed by atoms with van der Waals surface area (Å²) in [5, 5.41) is 2.00. The van der Waals surface area contributed by atoms with Gasteiger partial charge < -0.3 is 18.9 Å². The summed E-state index contributed by atoms with van der Waals surface area (Å²) >= 11 is 0. The highest BCUT2D eigenvalue weighted by molar-refractivity contribution is 5.95. The third kappa shape index (κ3) is 6.49. The zero-order valence-electron chi connectivity index (χ0n) is 16.3. The number of carbonyl (C=O) groups excluding carboxylic acids is 4. The monoisotopic (exact) mass is 401 g/mol. The highest BCUT2D eigenvalue weighted by atomic mass is 16.5. The minimum atomic E-state index is -0.879. The molecule has 0 radical (unpaired) electrons. The van der Waals surface area contributed by atoms with Crippen molar-refractivity contribution in [2.45, 2.75) is 13.8 Å². The number of carbonyl (C=O) groups is 4. The number of esters is 1. The molecule has 0 aliphatic heterocycles. The molecule has 1 aromatic heterocycles. The minimum Gasteiger partial charge on any atom is -0.452 e. The van der Waals surface area contributed by atoms with Crippen molar-refractivity contribution in [3.63, 3.8) is 0 Å². The Hall–Kier alpha value is -3.62. The van der Waals surface area contributed by atoms with E-state index in [2.05, 4.69) is 4.74 Å². The summed E-state index contributed by atoms with van der Waals surface area (Å²) in [6.07, 6.45) is 2.88. The number of rotatable bonds is 8. The fourth-order valence-corrected chi connectivity index (χ4v) is 2.45. The van der Waals surface area contributed by atoms with Gasteiger partial charge in [0.2, 0.25) is 5.91 Å². The first-order valence-corrected chi connectivity index (χ1v) is 9.09. The molecule has 1 heterocycles. The van der Waals surface area contributed by atoms with E-state index in [1.807, 2.05) is 34.4 Å². The molecule has 154 valence electrons. The van der Waals surface area contributed by atoms with Gasteiger partial charge in [0.1, 0.15) is 6.54 Å². The molecule has 9 nitrogen and oxygen atoms in total. The molecule has 0 aliphatic carbocycles. The van der Waals surface area contributed by atoms with Gasteiger partial charge in [-0.15, -0.1) is 0 Å². The number of hydrogen-bond donors (Lipinski definition) is 1. The second-order valence-corrected chi connectivity index (χ2v) is 5.89. The van der Waals surface area contributed by atoms with E-state index in [1.54, 1.807) is 38.1 Å². The molecular weight excluding hydrogens is 378 g/mol. The molecule has 0 spiro atoms. The number of aromatic nitrogens is 1. The average Bonchev–Trinajstić information content (AvgIpc) is 3.25. The first-order valence-electron chi connectivity index (χ1n) is 9.09. The molecule has 1 aromatic carbocycles. The van der Waals surface area contributed by atoms with Crippen LogP contribution in [0.2, 0.25) is 0 Å². The van der Waals surface area contributed by atoms with Crippen molar-refractivity contribution in [2.75, 3.05) is 26.3 Å². The van der Waals surface area contributed by atoms with Crippen molar-refractivity contribution < 1.29 is 28.7 Å². The molecule has 0 saturated carbocycles. The first kappa shape index (κ1) is 21.7. The summed E-state index contributed by atoms with van der Waals surface area (Å²) in [7, 11) is 0. The van der Waals surface area contributed by atoms with Gasteiger partial charge in [0.05, 0.1) is 12.2 Å². The zero-order valence-corrected chi connectivity index (χ0v) is 16.3. The number of benzene rings is 1. The van der Waals surface area contributed by atoms with Crippen LogP contribution in [-0.4, -0.2) is 59.6 Å². The van der Waals surface area contributed by atoms with Crippen LogP contribution in [0.15, 0.2) is 48.8 Å². The van der Waals surface area contributed by atoms with Crippen molar-refractivity contribution in [1.29, 1.82) is 0 Å². The van der Waals surface area contributed by atoms with Crippen LogP contribution in [0.5, 0.6) is 0 Å². The molecule has 9 heteroatoms. The largest absolute Gasteiger partial charge is 0.452 e. The molecule has 0 fully saturated rings. The maximum atomic E-state index is 12.2. The smallest absolute Gasteiger partial charge is 0.413 e. The van der Waals surface area contributed by atoms with Crippen molar-refractivity contribution >= 4 is 23.9 Å². The van der Waals surface area contributed by atoms with E-state index in [9.17, 15) is 19.2 Å². The topological polar surface area (TPSA) is 107 Å². The normalized spacial score (nSPS) is 10.1. The Balaban J connectivity index is 1.85. The Morgan fingerprint density at radius 1 is 1.00 bits per heavy atom. The van der Waals surface area contributed by atoms with Gasteiger partial charge in [-0.05, 0) is 50.2 Å². The molecule has 2 rings (SSSR count). The Morgan fingerprint density at radius 3 is 2.24 bits per heavy atom. The minimum absolute atomic E-state index is 0.123. The van der Waals surface area contributed by atoms with Gasteiger partial charge in [-0.25, -0.2) is 9.59 Å². The van der Waals surface area contributed by atoms with Gasteiger partial charge >= 0.3 is 12.1 Å². The fourth-order valence-electron chi connectivity index (χ4n) is 2.45. The van der Waals surface area contributed by atoms with Crippen LogP contribution >= 0.6 is 0 Å². The van der Waals surface area contributed by atoms with Crippen LogP contribution < -0.4 is 5.32 Å². The zero-order chi connectivity index (χ0) is 21.2. The number of nitrogens with zero attached hydrogens (tertiary/aromatic N) is 2. The van der Waals surface area contributed by atoms with E-state index in [-0.39, 0.29) is 19.7 Å². The molecule has 0 atom stereocenters. The summed E-state index contributed by atoms with van der Waals surface area (Å²) in [4.78, 5) is 48.5. The Morgan fingerprint density at radius 2 is 1.66 bits per heavy atom. The predicted octanol–water partition coefficient (Wildman–Crippen LogP) is 1.76. The number of hydrogen-bond acceptors (Lipinski definition) is 6. The van der Waals surface area contributed by atoms with Gasteiger partial charge in [-0.2, -0.15) is 0 Å². The Labute approximate surface area is 168 Å². The van der Waals surface area contributed by atoms with Crippen LogP contribution in [0.1, 0.15) is 24.2 Å². The molecule has 29 heavy (non-hydrogen) atoms. The number of alkyl carbamates (subject to hydrolysis) is 1. The number of ether oxygens (including phenoxy) is 2. The molecule has 0 saturated heterocycles. The lowest BCUT2D eigenvalue weighted by molar-refractivity contribution is -0.138. The van der Waals surface area contributed by atoms with E-state index in [0.29, 0.717) is 5.56 Å². The summed E-state index contributed by atoms with van der Waals surface area (Å²) in [6, 6.07) is 10.5. The van der Waals surface area contributed by atoms with Crippen LogP contribution in [0, 0.1) is 0 Å². The average molecular weight is 401 g/mol. The molecule has 0 bridgehead atoms. The van der Waals surface area contributed by atoms with Crippen molar-refractivity contribution in [3.05, 3.63) is 54.4 Å². The standard InChI is InChI=1S/C20H23N3O6/c1-3-22(13-17(24)21-20(27)28-4-2)18(25)14-29-19(26)15-7-9-16(10-8-15)23-11-5-6-12-23/h5-12H,3-4,13-14H2,1-2H3,(H,21,24,27). The van der Waals surface area contributed by atoms with Crippen molar-refractivity contribution in [1.82, 2.24) is 14.8 Å². The Bertz CT molecular complexity index is 846. The van der Waals surface area contributed by atoms with Gasteiger partial charge in [0, 0.05) is 24.6 Å². The van der Waals surface area contributed by atoms with E-state index in [1.165, 1.54) is 0 Å². The summed E-state index contributed by atoms with van der Waals surface area (Å²) in [5.41, 5.74) is 1.18. The maximum Gasteiger partial charge on any atom is 0.413 e. The third-order valence-electron chi connectivity index (χ3n) is 3.92. The number of amides is 3. The predicted molar refractivity (Wildman–Crippen MR) is 103 cm³/mol. The van der Waals surface area contributed by atoms with E-state index in [4.69, 9.17) is 4.74 Å². The van der Waals surface area contributed by atoms with Gasteiger partial charge in [-0.3, -0.25) is 14.9 Å². The van der Waals surface area contributed by atoms with Crippen LogP contribution in [0.3, 0.4) is 0 Å². The van der Waals surface area contributed by atoms with Crippen LogP contribution in [0.4, 0.5) is 4.79 Å². The summed E-state index contributed by atoms with van der Waals surface area (Å²) in [5.74, 6) is -1.89. The van der Waals surface area contributed by atoms with Crippen LogP contribution in [0.25, 0.3) is 5.69 Å². The summed E-state index contributed by atoms with van der Waals surface area (Å²) in [6.45, 7) is 2.73. The van der Waals surface area contributed by atoms with Crippen molar-refractivity contribution in [2.24, 2.45) is 0 Å². The quantitative estimate of drug-likeness (QED) is 0.676. The highest BCUT2D eigenvalue weighted by Gasteiger charge is 2.19. The second kappa shape index (κ2) is 10.6. The van der Waals surface area contributed by atoms with Crippen LogP contribution in [-0.2, 0) is 19.1 Å². The number of imide groups is 1. The van der Waals surface area contributed by atoms with E-state index in [0.717, 1.165) is 10.6 Å². The molecule has 0 aliphatic rings. The first-order chi connectivity index (χ1) is 13.9. The molecule has 0 unspecified atom stereocenters. The number of nitrogens with one attached hydrogen (secondary N) is 1. The lowest BCUT2D eigenvalue weighted by Gasteiger charge is -2.19. The van der Waals surface area contributed by atoms with Crippen molar-refractivity contribution in [3.8, 4) is 5.69 Å². The molecule has 2 aromatic rings. The molecule has 1 N–H and O–H groups in total. The number of likely N-dealkylation sites (N-methyl/N-ethyl adjacent to an activating group) is 1. The van der Waals surface area contributed by atoms with Gasteiger partial charge in [0.15, 0.2) is 6.61 Å². The second-order valence-electron chi connectivity index (χ2n) is 5.89. The SMILES string of the molecule is CCOC(=O)NC(=O)CN(CC)C(=O)COC(=O)c1ccc(-n2cccc2)cc1. The van der Waals surface area contributed by atoms with E-state index >= 15 is 0 Å². The molecular formula is C20H23N3O6. The molecule has 3 amide bonds. The summed E-state index contributed by atoms with van der Waals surface area (Å²) < 4.78 is 11.5. The lowest BCUT2D eigenvalue weighted by Crippen LogP contribution is -2.44. The Kier molecular flexibility index (Phi) is 7.96. The fraction of sp³-hybridized carbons (Fsp3) is 0.300. The highest BCUT2D eigenvalue weighted by Crippen LogP contribution is 2.11. The maximum absolute atomic E-state index is 12.2. The van der Waals surface area contributed by atoms with E-state index < -0.39 is 30.5 Å².